The highest BCUT2D eigenvalue weighted by Gasteiger charge is 2.10. The van der Waals surface area contributed by atoms with Crippen molar-refractivity contribution in [1.82, 2.24) is 9.97 Å². The van der Waals surface area contributed by atoms with Crippen LogP contribution in [-0.4, -0.2) is 15.8 Å². The van der Waals surface area contributed by atoms with Crippen molar-refractivity contribution in [2.75, 3.05) is 0 Å². The number of ketones is 1. The van der Waals surface area contributed by atoms with Gasteiger partial charge in [0.2, 0.25) is 0 Å². The lowest BCUT2D eigenvalue weighted by Crippen LogP contribution is -2.07. The topological polar surface area (TPSA) is 48.6 Å². The molecule has 2 N–H and O–H groups in total. The number of carbonyl (C=O) groups excluding carboxylic acids is 1. The molecule has 0 aromatic carbocycles. The zero-order valence-corrected chi connectivity index (χ0v) is 7.29. The summed E-state index contributed by atoms with van der Waals surface area (Å²) in [6.07, 6.45) is 1.60. The number of aromatic amines is 2. The predicted molar refractivity (Wildman–Crippen MR) is 45.1 cm³/mol. The quantitative estimate of drug-likeness (QED) is 0.526. The molecule has 0 aliphatic heterocycles. The average Bonchev–Trinajstić information content (AvgIpc) is 2.34. The van der Waals surface area contributed by atoms with Crippen molar-refractivity contribution in [2.45, 2.75) is 13.8 Å². The SMILES string of the molecule is CC(C)C(=O)c1c[nH]c(=S)[nH]1. The monoisotopic (exact) mass is 170 g/mol. The molecule has 0 unspecified atom stereocenters. The van der Waals surface area contributed by atoms with Crippen molar-refractivity contribution in [3.63, 3.8) is 0 Å². The van der Waals surface area contributed by atoms with Crippen molar-refractivity contribution in [3.8, 4) is 0 Å². The molecule has 0 bridgehead atoms. The summed E-state index contributed by atoms with van der Waals surface area (Å²) in [4.78, 5) is 16.8. The van der Waals surface area contributed by atoms with Gasteiger partial charge in [-0.3, -0.25) is 4.79 Å². The molecule has 0 aliphatic rings. The maximum Gasteiger partial charge on any atom is 0.183 e. The zero-order valence-electron chi connectivity index (χ0n) is 6.47. The highest BCUT2D eigenvalue weighted by Crippen LogP contribution is 2.03. The number of H-pyrrole nitrogens is 2. The van der Waals surface area contributed by atoms with Crippen molar-refractivity contribution in [2.24, 2.45) is 5.92 Å². The number of rotatable bonds is 2. The molecular formula is C7H10N2OS. The van der Waals surface area contributed by atoms with Crippen LogP contribution in [0.2, 0.25) is 0 Å². The van der Waals surface area contributed by atoms with Gasteiger partial charge in [0, 0.05) is 12.1 Å². The van der Waals surface area contributed by atoms with E-state index in [4.69, 9.17) is 12.2 Å². The zero-order chi connectivity index (χ0) is 8.43. The molecule has 1 heterocycles. The Morgan fingerprint density at radius 3 is 2.64 bits per heavy atom. The second kappa shape index (κ2) is 3.00. The number of carbonyl (C=O) groups is 1. The third-order valence-corrected chi connectivity index (χ3v) is 1.61. The van der Waals surface area contributed by atoms with Crippen LogP contribution in [0.3, 0.4) is 0 Å². The van der Waals surface area contributed by atoms with Crippen molar-refractivity contribution in [3.05, 3.63) is 16.7 Å². The number of Topliss-reactive ketones (excluding diaryl/α,β-unsaturated/α-hetero) is 1. The standard InChI is InChI=1S/C7H10N2OS/c1-4(2)6(10)5-3-8-7(11)9-5/h3-4H,1-2H3,(H2,8,9,11). The molecule has 0 saturated carbocycles. The minimum Gasteiger partial charge on any atom is -0.337 e. The van der Waals surface area contributed by atoms with E-state index >= 15 is 0 Å². The summed E-state index contributed by atoms with van der Waals surface area (Å²) in [7, 11) is 0. The Morgan fingerprint density at radius 2 is 2.27 bits per heavy atom. The van der Waals surface area contributed by atoms with Crippen LogP contribution in [0.5, 0.6) is 0 Å². The van der Waals surface area contributed by atoms with Crippen LogP contribution in [0.25, 0.3) is 0 Å². The van der Waals surface area contributed by atoms with Crippen LogP contribution in [0, 0.1) is 10.7 Å². The summed E-state index contributed by atoms with van der Waals surface area (Å²) < 4.78 is 0.494. The second-order valence-electron chi connectivity index (χ2n) is 2.68. The van der Waals surface area contributed by atoms with E-state index in [0.717, 1.165) is 0 Å². The highest BCUT2D eigenvalue weighted by atomic mass is 32.1. The summed E-state index contributed by atoms with van der Waals surface area (Å²) in [6.45, 7) is 3.71. The fraction of sp³-hybridized carbons (Fsp3) is 0.429. The molecule has 0 fully saturated rings. The number of aromatic nitrogens is 2. The molecule has 3 nitrogen and oxygen atoms in total. The van der Waals surface area contributed by atoms with E-state index in [1.54, 1.807) is 6.20 Å². The molecule has 60 valence electrons. The first-order valence-corrected chi connectivity index (χ1v) is 3.84. The highest BCUT2D eigenvalue weighted by molar-refractivity contribution is 7.71. The van der Waals surface area contributed by atoms with Crippen molar-refractivity contribution < 1.29 is 4.79 Å². The predicted octanol–water partition coefficient (Wildman–Crippen LogP) is 1.91. The van der Waals surface area contributed by atoms with E-state index in [9.17, 15) is 4.79 Å². The lowest BCUT2D eigenvalue weighted by Gasteiger charge is -1.98. The lowest BCUT2D eigenvalue weighted by atomic mass is 10.1. The normalized spacial score (nSPS) is 10.5. The number of hydrogen-bond acceptors (Lipinski definition) is 2. The van der Waals surface area contributed by atoms with Gasteiger partial charge in [0.1, 0.15) is 5.69 Å². The summed E-state index contributed by atoms with van der Waals surface area (Å²) in [5.74, 6) is 0.0915. The summed E-state index contributed by atoms with van der Waals surface area (Å²) in [5.41, 5.74) is 0.560. The Morgan fingerprint density at radius 1 is 1.64 bits per heavy atom. The molecule has 1 aromatic heterocycles. The fourth-order valence-corrected chi connectivity index (χ4v) is 0.945. The fourth-order valence-electron chi connectivity index (χ4n) is 0.776. The van der Waals surface area contributed by atoms with Gasteiger partial charge in [0.15, 0.2) is 10.6 Å². The van der Waals surface area contributed by atoms with Crippen LogP contribution < -0.4 is 0 Å². The smallest absolute Gasteiger partial charge is 0.183 e. The number of hydrogen-bond donors (Lipinski definition) is 2. The van der Waals surface area contributed by atoms with Crippen molar-refractivity contribution in [1.29, 1.82) is 0 Å². The Kier molecular flexibility index (Phi) is 2.24. The van der Waals surface area contributed by atoms with Gasteiger partial charge in [-0.15, -0.1) is 0 Å². The molecule has 11 heavy (non-hydrogen) atoms. The molecule has 1 aromatic rings. The van der Waals surface area contributed by atoms with E-state index < -0.39 is 0 Å². The molecule has 4 heteroatoms. The molecule has 0 aliphatic carbocycles. The van der Waals surface area contributed by atoms with Gasteiger partial charge < -0.3 is 9.97 Å². The minimum absolute atomic E-state index is 0.0106. The van der Waals surface area contributed by atoms with Gasteiger partial charge in [-0.2, -0.15) is 0 Å². The van der Waals surface area contributed by atoms with Crippen LogP contribution in [0.15, 0.2) is 6.20 Å². The Bertz CT molecular complexity index is 310. The Balaban J connectivity index is 2.94. The first-order chi connectivity index (χ1) is 5.11. The van der Waals surface area contributed by atoms with Gasteiger partial charge in [-0.1, -0.05) is 13.8 Å². The van der Waals surface area contributed by atoms with E-state index in [2.05, 4.69) is 9.97 Å². The van der Waals surface area contributed by atoms with E-state index in [1.165, 1.54) is 0 Å². The van der Waals surface area contributed by atoms with Gasteiger partial charge in [0.25, 0.3) is 0 Å². The third kappa shape index (κ3) is 1.77. The van der Waals surface area contributed by atoms with Crippen LogP contribution in [-0.2, 0) is 0 Å². The first kappa shape index (κ1) is 8.20. The van der Waals surface area contributed by atoms with E-state index in [1.807, 2.05) is 13.8 Å². The minimum atomic E-state index is 0.0106. The summed E-state index contributed by atoms with van der Waals surface area (Å²) in [5, 5.41) is 0. The second-order valence-corrected chi connectivity index (χ2v) is 3.08. The van der Waals surface area contributed by atoms with Crippen LogP contribution in [0.4, 0.5) is 0 Å². The summed E-state index contributed by atoms with van der Waals surface area (Å²) in [6, 6.07) is 0. The average molecular weight is 170 g/mol. The van der Waals surface area contributed by atoms with E-state index in [0.29, 0.717) is 10.5 Å². The van der Waals surface area contributed by atoms with E-state index in [-0.39, 0.29) is 11.7 Å². The van der Waals surface area contributed by atoms with Gasteiger partial charge >= 0.3 is 0 Å². The molecule has 0 atom stereocenters. The molecule has 0 radical (unpaired) electrons. The Hall–Kier alpha value is -0.900. The number of imidazole rings is 1. The molecule has 0 saturated heterocycles. The third-order valence-electron chi connectivity index (χ3n) is 1.39. The van der Waals surface area contributed by atoms with Crippen LogP contribution in [0.1, 0.15) is 24.3 Å². The first-order valence-electron chi connectivity index (χ1n) is 3.43. The molecule has 1 rings (SSSR count). The maximum absolute atomic E-state index is 11.3. The largest absolute Gasteiger partial charge is 0.337 e. The molecular weight excluding hydrogens is 160 g/mol. The summed E-state index contributed by atoms with van der Waals surface area (Å²) >= 11 is 4.78. The lowest BCUT2D eigenvalue weighted by molar-refractivity contribution is 0.0935. The van der Waals surface area contributed by atoms with Crippen LogP contribution >= 0.6 is 12.2 Å². The molecule has 0 amide bonds. The van der Waals surface area contributed by atoms with Gasteiger partial charge in [0.05, 0.1) is 0 Å². The maximum atomic E-state index is 11.3. The van der Waals surface area contributed by atoms with Gasteiger partial charge in [-0.05, 0) is 12.2 Å². The Labute approximate surface area is 69.8 Å². The number of nitrogens with one attached hydrogen (secondary N) is 2. The van der Waals surface area contributed by atoms with Gasteiger partial charge in [-0.25, -0.2) is 0 Å². The van der Waals surface area contributed by atoms with Crippen molar-refractivity contribution >= 4 is 18.0 Å². The molecule has 0 spiro atoms.